The fourth-order valence-electron chi connectivity index (χ4n) is 2.95. The summed E-state index contributed by atoms with van der Waals surface area (Å²) < 4.78 is -0.407. The molecule has 25 heavy (non-hydrogen) atoms. The van der Waals surface area contributed by atoms with Crippen molar-refractivity contribution in [2.45, 2.75) is 11.7 Å². The Balaban J connectivity index is 2.25. The van der Waals surface area contributed by atoms with Gasteiger partial charge in [-0.15, -0.1) is 11.8 Å². The van der Waals surface area contributed by atoms with Crippen molar-refractivity contribution in [2.75, 3.05) is 0 Å². The van der Waals surface area contributed by atoms with E-state index in [1.54, 1.807) is 24.8 Å². The van der Waals surface area contributed by atoms with Crippen molar-refractivity contribution >= 4 is 17.5 Å². The van der Waals surface area contributed by atoms with Gasteiger partial charge in [-0.1, -0.05) is 91.0 Å². The highest BCUT2D eigenvalue weighted by molar-refractivity contribution is 8.03. The Labute approximate surface area is 153 Å². The van der Waals surface area contributed by atoms with E-state index in [1.807, 2.05) is 23.6 Å². The van der Waals surface area contributed by atoms with E-state index in [9.17, 15) is 4.79 Å². The molecule has 0 amide bonds. The van der Waals surface area contributed by atoms with Crippen LogP contribution in [0, 0.1) is 0 Å². The number of ketones is 1. The molecule has 0 radical (unpaired) electrons. The quantitative estimate of drug-likeness (QED) is 0.414. The monoisotopic (exact) mass is 344 g/mol. The van der Waals surface area contributed by atoms with Crippen molar-refractivity contribution in [1.82, 2.24) is 0 Å². The molecule has 124 valence electrons. The second kappa shape index (κ2) is 8.00. The zero-order valence-electron chi connectivity index (χ0n) is 14.1. The number of carbonyl (C=O) groups excluding carboxylic acids is 1. The maximum Gasteiger partial charge on any atom is 0.153 e. The molecular formula is C23H20OS. The number of rotatable bonds is 6. The molecule has 0 saturated heterocycles. The Morgan fingerprint density at radius 3 is 1.40 bits per heavy atom. The SMILES string of the molecule is CC(=O)C=CSC(c1ccccc1)(c1ccccc1)c1ccccc1. The number of thioether (sulfide) groups is 1. The number of benzene rings is 3. The minimum absolute atomic E-state index is 0.0515. The van der Waals surface area contributed by atoms with Gasteiger partial charge >= 0.3 is 0 Å². The van der Waals surface area contributed by atoms with Gasteiger partial charge in [0.2, 0.25) is 0 Å². The van der Waals surface area contributed by atoms with E-state index in [1.165, 1.54) is 16.7 Å². The first-order valence-electron chi connectivity index (χ1n) is 8.25. The average Bonchev–Trinajstić information content (AvgIpc) is 2.67. The Bertz CT molecular complexity index is 742. The number of allylic oxidation sites excluding steroid dienone is 1. The lowest BCUT2D eigenvalue weighted by atomic mass is 9.84. The van der Waals surface area contributed by atoms with E-state index in [0.717, 1.165) is 0 Å². The molecule has 0 heterocycles. The molecule has 3 aromatic carbocycles. The Morgan fingerprint density at radius 1 is 0.720 bits per heavy atom. The number of carbonyl (C=O) groups is 1. The third kappa shape index (κ3) is 3.75. The standard InChI is InChI=1S/C23H20OS/c1-19(24)17-18-25-23(20-11-5-2-6-12-20,21-13-7-3-8-14-21)22-15-9-4-10-16-22/h2-18H,1H3. The smallest absolute Gasteiger partial charge is 0.153 e. The van der Waals surface area contributed by atoms with Gasteiger partial charge in [0.1, 0.15) is 0 Å². The molecule has 0 unspecified atom stereocenters. The largest absolute Gasteiger partial charge is 0.295 e. The highest BCUT2D eigenvalue weighted by Gasteiger charge is 2.36. The summed E-state index contributed by atoms with van der Waals surface area (Å²) in [5.41, 5.74) is 3.56. The van der Waals surface area contributed by atoms with E-state index in [4.69, 9.17) is 0 Å². The van der Waals surface area contributed by atoms with Gasteiger partial charge in [0.15, 0.2) is 5.78 Å². The fraction of sp³-hybridized carbons (Fsp3) is 0.0870. The van der Waals surface area contributed by atoms with E-state index < -0.39 is 4.75 Å². The van der Waals surface area contributed by atoms with Gasteiger partial charge in [0.05, 0.1) is 4.75 Å². The van der Waals surface area contributed by atoms with Crippen molar-refractivity contribution in [3.63, 3.8) is 0 Å². The molecule has 0 aliphatic heterocycles. The molecule has 2 heteroatoms. The fourth-order valence-corrected chi connectivity index (χ4v) is 4.23. The van der Waals surface area contributed by atoms with Crippen LogP contribution in [0.4, 0.5) is 0 Å². The second-order valence-corrected chi connectivity index (χ2v) is 6.93. The maximum absolute atomic E-state index is 11.4. The highest BCUT2D eigenvalue weighted by Crippen LogP contribution is 2.48. The van der Waals surface area contributed by atoms with Crippen molar-refractivity contribution in [2.24, 2.45) is 0 Å². The summed E-state index contributed by atoms with van der Waals surface area (Å²) in [5, 5.41) is 1.91. The van der Waals surface area contributed by atoms with Gasteiger partial charge in [-0.2, -0.15) is 0 Å². The lowest BCUT2D eigenvalue weighted by molar-refractivity contribution is -0.112. The molecule has 1 nitrogen and oxygen atoms in total. The molecular weight excluding hydrogens is 324 g/mol. The van der Waals surface area contributed by atoms with Crippen LogP contribution in [0.2, 0.25) is 0 Å². The highest BCUT2D eigenvalue weighted by atomic mass is 32.2. The molecule has 0 atom stereocenters. The summed E-state index contributed by atoms with van der Waals surface area (Å²) in [6.07, 6.45) is 1.63. The molecule has 3 aromatic rings. The van der Waals surface area contributed by atoms with Crippen molar-refractivity contribution in [1.29, 1.82) is 0 Å². The third-order valence-electron chi connectivity index (χ3n) is 4.09. The van der Waals surface area contributed by atoms with E-state index in [-0.39, 0.29) is 5.78 Å². The minimum atomic E-state index is -0.407. The van der Waals surface area contributed by atoms with Gasteiger partial charge in [-0.3, -0.25) is 4.79 Å². The minimum Gasteiger partial charge on any atom is -0.295 e. The van der Waals surface area contributed by atoms with Crippen molar-refractivity contribution in [3.8, 4) is 0 Å². The van der Waals surface area contributed by atoms with Crippen LogP contribution in [0.25, 0.3) is 0 Å². The summed E-state index contributed by atoms with van der Waals surface area (Å²) in [6.45, 7) is 1.58. The first kappa shape index (κ1) is 17.2. The summed E-state index contributed by atoms with van der Waals surface area (Å²) in [5.74, 6) is 0.0515. The number of hydrogen-bond acceptors (Lipinski definition) is 2. The molecule has 0 N–H and O–H groups in total. The molecule has 0 bridgehead atoms. The predicted octanol–water partition coefficient (Wildman–Crippen LogP) is 5.81. The lowest BCUT2D eigenvalue weighted by Gasteiger charge is -2.34. The van der Waals surface area contributed by atoms with Gasteiger partial charge in [-0.05, 0) is 35.1 Å². The van der Waals surface area contributed by atoms with E-state index in [0.29, 0.717) is 0 Å². The topological polar surface area (TPSA) is 17.1 Å². The second-order valence-electron chi connectivity index (χ2n) is 5.81. The van der Waals surface area contributed by atoms with Crippen LogP contribution < -0.4 is 0 Å². The number of hydrogen-bond donors (Lipinski definition) is 0. The van der Waals surface area contributed by atoms with Gasteiger partial charge in [0, 0.05) is 0 Å². The zero-order chi connectivity index (χ0) is 17.5. The van der Waals surface area contributed by atoms with Gasteiger partial charge in [-0.25, -0.2) is 0 Å². The van der Waals surface area contributed by atoms with Crippen LogP contribution in [0.5, 0.6) is 0 Å². The molecule has 0 saturated carbocycles. The summed E-state index contributed by atoms with van der Waals surface area (Å²) in [4.78, 5) is 11.4. The first-order chi connectivity index (χ1) is 12.2. The Hall–Kier alpha value is -2.58. The van der Waals surface area contributed by atoms with E-state index in [2.05, 4.69) is 72.8 Å². The lowest BCUT2D eigenvalue weighted by Crippen LogP contribution is -2.24. The first-order valence-corrected chi connectivity index (χ1v) is 9.13. The van der Waals surface area contributed by atoms with Gasteiger partial charge < -0.3 is 0 Å². The zero-order valence-corrected chi connectivity index (χ0v) is 14.9. The van der Waals surface area contributed by atoms with E-state index >= 15 is 0 Å². The van der Waals surface area contributed by atoms with Crippen molar-refractivity contribution in [3.05, 3.63) is 119 Å². The molecule has 0 spiro atoms. The maximum atomic E-state index is 11.4. The van der Waals surface area contributed by atoms with Crippen LogP contribution in [-0.4, -0.2) is 5.78 Å². The van der Waals surface area contributed by atoms with Crippen LogP contribution in [-0.2, 0) is 9.54 Å². The third-order valence-corrected chi connectivity index (χ3v) is 5.42. The average molecular weight is 344 g/mol. The molecule has 0 fully saturated rings. The van der Waals surface area contributed by atoms with Crippen LogP contribution >= 0.6 is 11.8 Å². The Kier molecular flexibility index (Phi) is 5.52. The molecule has 3 rings (SSSR count). The van der Waals surface area contributed by atoms with Crippen LogP contribution in [0.15, 0.2) is 102 Å². The van der Waals surface area contributed by atoms with Crippen LogP contribution in [0.1, 0.15) is 23.6 Å². The summed E-state index contributed by atoms with van der Waals surface area (Å²) >= 11 is 1.66. The molecule has 0 aliphatic rings. The van der Waals surface area contributed by atoms with Crippen LogP contribution in [0.3, 0.4) is 0 Å². The predicted molar refractivity (Wildman–Crippen MR) is 107 cm³/mol. The van der Waals surface area contributed by atoms with Gasteiger partial charge in [0.25, 0.3) is 0 Å². The summed E-state index contributed by atoms with van der Waals surface area (Å²) in [6, 6.07) is 31.3. The Morgan fingerprint density at radius 2 is 1.08 bits per heavy atom. The van der Waals surface area contributed by atoms with Crippen molar-refractivity contribution < 1.29 is 4.79 Å². The summed E-state index contributed by atoms with van der Waals surface area (Å²) in [7, 11) is 0. The molecule has 0 aliphatic carbocycles. The normalized spacial score (nSPS) is 11.6. The molecule has 0 aromatic heterocycles.